The largest absolute Gasteiger partial charge is 0.829 e. The van der Waals surface area contributed by atoms with E-state index < -0.39 is 66.9 Å². The number of hydrogen-bond donors (Lipinski definition) is 0. The zero-order chi connectivity index (χ0) is 23.3. The van der Waals surface area contributed by atoms with Gasteiger partial charge in [0.25, 0.3) is 0 Å². The maximum absolute atomic E-state index is 13.4. The molecule has 0 aromatic heterocycles. The van der Waals surface area contributed by atoms with Gasteiger partial charge in [0, 0.05) is 39.7 Å². The third kappa shape index (κ3) is 6.22. The molecule has 1 saturated heterocycles. The van der Waals surface area contributed by atoms with E-state index >= 15 is 0 Å². The molecule has 1 aliphatic heterocycles. The van der Waals surface area contributed by atoms with Gasteiger partial charge in [0.15, 0.2) is 12.2 Å². The van der Waals surface area contributed by atoms with E-state index in [4.69, 9.17) is 18.9 Å². The zero-order valence-corrected chi connectivity index (χ0v) is 17.4. The summed E-state index contributed by atoms with van der Waals surface area (Å²) in [4.78, 5) is 48.1. The van der Waals surface area contributed by atoms with Gasteiger partial charge in [-0.25, -0.2) is 4.39 Å². The molecule has 1 aliphatic rings. The lowest BCUT2D eigenvalue weighted by molar-refractivity contribution is -0.517. The van der Waals surface area contributed by atoms with E-state index in [-0.39, 0.29) is 5.69 Å². The molecule has 0 N–H and O–H groups in total. The van der Waals surface area contributed by atoms with Crippen LogP contribution in [0.2, 0.25) is 0 Å². The SMILES string of the molecule is CC(=O)OC[C@H]1O[C@@H]([O-])[C@H](N(C(C)=O)c2ccc(F)cc2)[C@@H](OC(C)=O)[C@@H]1OC(C)=O. The number of nitrogens with zero attached hydrogens (tertiary/aromatic N) is 1. The average molecular weight is 440 g/mol. The molecule has 1 heterocycles. The van der Waals surface area contributed by atoms with Crippen LogP contribution in [-0.4, -0.2) is 61.1 Å². The van der Waals surface area contributed by atoms with Crippen molar-refractivity contribution in [2.24, 2.45) is 0 Å². The molecule has 2 rings (SSSR count). The van der Waals surface area contributed by atoms with Crippen LogP contribution in [0.15, 0.2) is 24.3 Å². The first-order valence-corrected chi connectivity index (χ1v) is 9.35. The Balaban J connectivity index is 2.52. The van der Waals surface area contributed by atoms with E-state index in [0.29, 0.717) is 0 Å². The fourth-order valence-corrected chi connectivity index (χ4v) is 3.32. The van der Waals surface area contributed by atoms with E-state index in [1.165, 1.54) is 12.1 Å². The highest BCUT2D eigenvalue weighted by Gasteiger charge is 2.50. The lowest BCUT2D eigenvalue weighted by Gasteiger charge is -2.51. The number of carbonyl (C=O) groups excluding carboxylic acids is 4. The van der Waals surface area contributed by atoms with E-state index in [1.807, 2.05) is 0 Å². The summed E-state index contributed by atoms with van der Waals surface area (Å²) in [5.41, 5.74) is 0.139. The Morgan fingerprint density at radius 1 is 0.968 bits per heavy atom. The molecule has 1 fully saturated rings. The first kappa shape index (κ1) is 24.2. The fraction of sp³-hybridized carbons (Fsp3) is 0.500. The van der Waals surface area contributed by atoms with E-state index in [1.54, 1.807) is 0 Å². The number of ether oxygens (including phenoxy) is 4. The molecular formula is C20H23FNO9-. The summed E-state index contributed by atoms with van der Waals surface area (Å²) in [5, 5.41) is 13.0. The minimum absolute atomic E-state index is 0.139. The number of halogens is 1. The van der Waals surface area contributed by atoms with Crippen LogP contribution < -0.4 is 10.0 Å². The Kier molecular flexibility index (Phi) is 8.06. The second-order valence-electron chi connectivity index (χ2n) is 6.85. The number of esters is 3. The van der Waals surface area contributed by atoms with Crippen molar-refractivity contribution in [3.05, 3.63) is 30.1 Å². The monoisotopic (exact) mass is 440 g/mol. The Hall–Kier alpha value is -3.05. The summed E-state index contributed by atoms with van der Waals surface area (Å²) in [5.74, 6) is -3.46. The van der Waals surface area contributed by atoms with Gasteiger partial charge in [-0.1, -0.05) is 0 Å². The maximum atomic E-state index is 13.4. The maximum Gasteiger partial charge on any atom is 0.303 e. The van der Waals surface area contributed by atoms with Gasteiger partial charge in [0.2, 0.25) is 5.91 Å². The Bertz CT molecular complexity index is 828. The first-order valence-electron chi connectivity index (χ1n) is 9.35. The molecule has 1 aromatic carbocycles. The minimum Gasteiger partial charge on any atom is -0.829 e. The molecule has 170 valence electrons. The van der Waals surface area contributed by atoms with Crippen LogP contribution in [0.25, 0.3) is 0 Å². The van der Waals surface area contributed by atoms with Gasteiger partial charge in [0.1, 0.15) is 18.5 Å². The highest BCUT2D eigenvalue weighted by atomic mass is 19.1. The summed E-state index contributed by atoms with van der Waals surface area (Å²) < 4.78 is 34.2. The second kappa shape index (κ2) is 10.3. The van der Waals surface area contributed by atoms with Crippen molar-refractivity contribution in [2.75, 3.05) is 11.5 Å². The van der Waals surface area contributed by atoms with Gasteiger partial charge in [0.05, 0.1) is 6.04 Å². The molecule has 5 atom stereocenters. The predicted molar refractivity (Wildman–Crippen MR) is 99.8 cm³/mol. The Morgan fingerprint density at radius 3 is 2.00 bits per heavy atom. The van der Waals surface area contributed by atoms with Gasteiger partial charge in [-0.3, -0.25) is 19.2 Å². The molecule has 0 unspecified atom stereocenters. The van der Waals surface area contributed by atoms with Crippen molar-refractivity contribution in [3.63, 3.8) is 0 Å². The third-order valence-electron chi connectivity index (χ3n) is 4.41. The number of anilines is 1. The van der Waals surface area contributed by atoms with Gasteiger partial charge < -0.3 is 29.0 Å². The fourth-order valence-electron chi connectivity index (χ4n) is 3.32. The number of amides is 1. The molecule has 10 nitrogen and oxygen atoms in total. The van der Waals surface area contributed by atoms with E-state index in [0.717, 1.165) is 44.7 Å². The number of rotatable bonds is 6. The third-order valence-corrected chi connectivity index (χ3v) is 4.41. The van der Waals surface area contributed by atoms with Crippen LogP contribution in [0.4, 0.5) is 10.1 Å². The topological polar surface area (TPSA) is 132 Å². The van der Waals surface area contributed by atoms with Crippen molar-refractivity contribution in [1.82, 2.24) is 0 Å². The van der Waals surface area contributed by atoms with Crippen LogP contribution in [-0.2, 0) is 38.1 Å². The van der Waals surface area contributed by atoms with Gasteiger partial charge in [-0.15, -0.1) is 0 Å². The van der Waals surface area contributed by atoms with Crippen LogP contribution >= 0.6 is 0 Å². The van der Waals surface area contributed by atoms with Crippen molar-refractivity contribution in [2.45, 2.75) is 58.3 Å². The molecule has 11 heteroatoms. The van der Waals surface area contributed by atoms with Crippen molar-refractivity contribution >= 4 is 29.5 Å². The highest BCUT2D eigenvalue weighted by Crippen LogP contribution is 2.31. The van der Waals surface area contributed by atoms with Crippen molar-refractivity contribution in [1.29, 1.82) is 0 Å². The molecule has 0 spiro atoms. The van der Waals surface area contributed by atoms with Crippen molar-refractivity contribution in [3.8, 4) is 0 Å². The lowest BCUT2D eigenvalue weighted by Crippen LogP contribution is -2.70. The quantitative estimate of drug-likeness (QED) is 0.445. The molecular weight excluding hydrogens is 417 g/mol. The van der Waals surface area contributed by atoms with Gasteiger partial charge in [-0.05, 0) is 24.3 Å². The van der Waals surface area contributed by atoms with Crippen LogP contribution in [0, 0.1) is 5.82 Å². The van der Waals surface area contributed by atoms with Crippen molar-refractivity contribution < 1.29 is 47.6 Å². The smallest absolute Gasteiger partial charge is 0.303 e. The average Bonchev–Trinajstić information content (AvgIpc) is 2.65. The molecule has 0 aliphatic carbocycles. The van der Waals surface area contributed by atoms with Gasteiger partial charge >= 0.3 is 17.9 Å². The molecule has 0 bridgehead atoms. The molecule has 1 aromatic rings. The second-order valence-corrected chi connectivity index (χ2v) is 6.85. The molecule has 0 radical (unpaired) electrons. The van der Waals surface area contributed by atoms with Crippen LogP contribution in [0.5, 0.6) is 0 Å². The van der Waals surface area contributed by atoms with E-state index in [9.17, 15) is 28.7 Å². The first-order chi connectivity index (χ1) is 14.5. The van der Waals surface area contributed by atoms with Crippen LogP contribution in [0.3, 0.4) is 0 Å². The molecule has 1 amide bonds. The normalized spacial score (nSPS) is 25.3. The summed E-state index contributed by atoms with van der Waals surface area (Å²) in [6.07, 6.45) is -6.05. The standard InChI is InChI=1S/C20H23FNO9/c1-10(23)22(15-7-5-14(21)6-8-15)17-19(30-13(4)26)18(29-12(3)25)16(31-20(17)27)9-28-11(2)24/h5-8,16-20H,9H2,1-4H3/q-1/t16-,17-,18-,19-,20-/m1/s1. The summed E-state index contributed by atoms with van der Waals surface area (Å²) in [6.45, 7) is 4.01. The predicted octanol–water partition coefficient (Wildman–Crippen LogP) is 0.0589. The van der Waals surface area contributed by atoms with Crippen LogP contribution in [0.1, 0.15) is 27.7 Å². The Morgan fingerprint density at radius 2 is 1.52 bits per heavy atom. The molecule has 0 saturated carbocycles. The number of carbonyl (C=O) groups is 4. The summed E-state index contributed by atoms with van der Waals surface area (Å²) in [7, 11) is 0. The summed E-state index contributed by atoms with van der Waals surface area (Å²) >= 11 is 0. The lowest BCUT2D eigenvalue weighted by atomic mass is 9.94. The number of hydrogen-bond acceptors (Lipinski definition) is 9. The summed E-state index contributed by atoms with van der Waals surface area (Å²) in [6, 6.07) is 3.23. The van der Waals surface area contributed by atoms with Gasteiger partial charge in [-0.2, -0.15) is 0 Å². The zero-order valence-electron chi connectivity index (χ0n) is 17.4. The Labute approximate surface area is 177 Å². The minimum atomic E-state index is -1.98. The number of benzene rings is 1. The molecule has 31 heavy (non-hydrogen) atoms. The highest BCUT2D eigenvalue weighted by molar-refractivity contribution is 5.92. The van der Waals surface area contributed by atoms with E-state index in [2.05, 4.69) is 0 Å².